The molecule has 0 unspecified atom stereocenters. The molecule has 8 nitrogen and oxygen atoms in total. The maximum atomic E-state index is 13.0. The Hall–Kier alpha value is -3.16. The number of carbonyl (C=O) groups is 2. The Morgan fingerprint density at radius 3 is 2.52 bits per heavy atom. The number of Topliss-reactive ketones (excluding diaryl/α,β-unsaturated/α-hetero) is 1. The van der Waals surface area contributed by atoms with Crippen LogP contribution in [-0.2, 0) is 0 Å². The molecule has 0 spiro atoms. The number of anilines is 1. The molecule has 8 heteroatoms. The number of amides is 1. The van der Waals surface area contributed by atoms with Crippen LogP contribution in [0.25, 0.3) is 5.65 Å². The lowest BCUT2D eigenvalue weighted by Gasteiger charge is -2.35. The summed E-state index contributed by atoms with van der Waals surface area (Å²) < 4.78 is 1.75. The molecule has 0 radical (unpaired) electrons. The van der Waals surface area contributed by atoms with Crippen LogP contribution in [0.4, 0.5) is 5.82 Å². The number of aromatic amines is 1. The van der Waals surface area contributed by atoms with E-state index in [0.717, 1.165) is 22.7 Å². The average Bonchev–Trinajstić information content (AvgIpc) is 3.24. The van der Waals surface area contributed by atoms with Gasteiger partial charge in [-0.05, 0) is 31.5 Å². The Kier molecular flexibility index (Phi) is 4.18. The molecule has 4 rings (SSSR count). The fourth-order valence-corrected chi connectivity index (χ4v) is 3.69. The summed E-state index contributed by atoms with van der Waals surface area (Å²) in [6.07, 6.45) is 3.54. The molecule has 1 fully saturated rings. The SMILES string of the molecule is CC(=O)c1[nH]c(C)c(C(=O)N2CCN(c3ccc4nccn4n3)CC2)c1C. The number of imidazole rings is 1. The summed E-state index contributed by atoms with van der Waals surface area (Å²) >= 11 is 0. The third-order valence-corrected chi connectivity index (χ3v) is 5.14. The summed E-state index contributed by atoms with van der Waals surface area (Å²) in [6, 6.07) is 3.90. The second-order valence-corrected chi connectivity index (χ2v) is 6.88. The molecule has 27 heavy (non-hydrogen) atoms. The van der Waals surface area contributed by atoms with E-state index >= 15 is 0 Å². The van der Waals surface area contributed by atoms with Crippen molar-refractivity contribution in [1.29, 1.82) is 0 Å². The van der Waals surface area contributed by atoms with Gasteiger partial charge in [0, 0.05) is 51.2 Å². The number of aryl methyl sites for hydroxylation is 1. The van der Waals surface area contributed by atoms with Gasteiger partial charge in [0.25, 0.3) is 5.91 Å². The Bertz CT molecular complexity index is 1030. The molecule has 140 valence electrons. The van der Waals surface area contributed by atoms with Gasteiger partial charge in [0.05, 0.1) is 11.3 Å². The zero-order valence-corrected chi connectivity index (χ0v) is 15.7. The molecule has 1 aliphatic heterocycles. The van der Waals surface area contributed by atoms with Gasteiger partial charge in [0.2, 0.25) is 0 Å². The first kappa shape index (κ1) is 17.3. The van der Waals surface area contributed by atoms with E-state index in [9.17, 15) is 9.59 Å². The third kappa shape index (κ3) is 2.97. The molecule has 1 amide bonds. The zero-order chi connectivity index (χ0) is 19.1. The summed E-state index contributed by atoms with van der Waals surface area (Å²) in [5, 5.41) is 4.57. The van der Waals surface area contributed by atoms with Crippen molar-refractivity contribution < 1.29 is 9.59 Å². The van der Waals surface area contributed by atoms with E-state index in [0.29, 0.717) is 37.4 Å². The third-order valence-electron chi connectivity index (χ3n) is 5.14. The molecule has 0 saturated carbocycles. The number of hydrogen-bond donors (Lipinski definition) is 1. The lowest BCUT2D eigenvalue weighted by atomic mass is 10.1. The second kappa shape index (κ2) is 6.53. The van der Waals surface area contributed by atoms with Crippen molar-refractivity contribution in [1.82, 2.24) is 24.5 Å². The molecule has 1 aliphatic rings. The molecular formula is C19H22N6O2. The van der Waals surface area contributed by atoms with Crippen LogP contribution in [0.2, 0.25) is 0 Å². The predicted octanol–water partition coefficient (Wildman–Crippen LogP) is 1.84. The highest BCUT2D eigenvalue weighted by Gasteiger charge is 2.27. The minimum atomic E-state index is -0.0552. The van der Waals surface area contributed by atoms with E-state index in [1.165, 1.54) is 6.92 Å². The van der Waals surface area contributed by atoms with E-state index in [1.54, 1.807) is 10.7 Å². The molecule has 3 aromatic rings. The Morgan fingerprint density at radius 2 is 1.85 bits per heavy atom. The number of rotatable bonds is 3. The molecule has 1 saturated heterocycles. The van der Waals surface area contributed by atoms with Crippen molar-refractivity contribution in [2.75, 3.05) is 31.1 Å². The van der Waals surface area contributed by atoms with E-state index in [1.807, 2.05) is 37.1 Å². The number of aromatic nitrogens is 4. The van der Waals surface area contributed by atoms with Crippen LogP contribution in [0.15, 0.2) is 24.5 Å². The van der Waals surface area contributed by atoms with Crippen LogP contribution >= 0.6 is 0 Å². The first-order valence-corrected chi connectivity index (χ1v) is 9.00. The van der Waals surface area contributed by atoms with Crippen LogP contribution in [0, 0.1) is 13.8 Å². The summed E-state index contributed by atoms with van der Waals surface area (Å²) in [5.41, 5.74) is 3.43. The number of H-pyrrole nitrogens is 1. The molecule has 0 aromatic carbocycles. The summed E-state index contributed by atoms with van der Waals surface area (Å²) in [4.78, 5) is 36.0. The summed E-state index contributed by atoms with van der Waals surface area (Å²) in [6.45, 7) is 7.82. The Morgan fingerprint density at radius 1 is 1.11 bits per heavy atom. The van der Waals surface area contributed by atoms with Gasteiger partial charge < -0.3 is 14.8 Å². The van der Waals surface area contributed by atoms with Gasteiger partial charge in [0.15, 0.2) is 11.4 Å². The maximum absolute atomic E-state index is 13.0. The molecule has 0 aliphatic carbocycles. The van der Waals surface area contributed by atoms with Crippen LogP contribution in [-0.4, -0.2) is 62.4 Å². The first-order valence-electron chi connectivity index (χ1n) is 9.00. The minimum absolute atomic E-state index is 0.0218. The highest BCUT2D eigenvalue weighted by molar-refractivity contribution is 6.02. The number of nitrogens with one attached hydrogen (secondary N) is 1. The fourth-order valence-electron chi connectivity index (χ4n) is 3.69. The number of piperazine rings is 1. The number of hydrogen-bond acceptors (Lipinski definition) is 5. The van der Waals surface area contributed by atoms with Gasteiger partial charge >= 0.3 is 0 Å². The largest absolute Gasteiger partial charge is 0.355 e. The molecule has 0 atom stereocenters. The monoisotopic (exact) mass is 366 g/mol. The molecule has 3 aromatic heterocycles. The van der Waals surface area contributed by atoms with Crippen LogP contribution in [0.1, 0.15) is 39.0 Å². The minimum Gasteiger partial charge on any atom is -0.355 e. The summed E-state index contributed by atoms with van der Waals surface area (Å²) in [7, 11) is 0. The van der Waals surface area contributed by atoms with Gasteiger partial charge in [-0.2, -0.15) is 0 Å². The van der Waals surface area contributed by atoms with Gasteiger partial charge in [-0.25, -0.2) is 9.50 Å². The predicted molar refractivity (Wildman–Crippen MR) is 101 cm³/mol. The number of fused-ring (bicyclic) bond motifs is 1. The van der Waals surface area contributed by atoms with Crippen molar-refractivity contribution >= 4 is 23.2 Å². The van der Waals surface area contributed by atoms with E-state index in [4.69, 9.17) is 0 Å². The standard InChI is InChI=1S/C19H22N6O2/c1-12-17(13(2)21-18(12)14(3)26)19(27)24-10-8-23(9-11-24)16-5-4-15-20-6-7-25(15)22-16/h4-7,21H,8-11H2,1-3H3. The normalized spacial score (nSPS) is 14.8. The zero-order valence-electron chi connectivity index (χ0n) is 15.7. The number of nitrogens with zero attached hydrogens (tertiary/aromatic N) is 5. The molecule has 1 N–H and O–H groups in total. The number of carbonyl (C=O) groups excluding carboxylic acids is 2. The van der Waals surface area contributed by atoms with Crippen LogP contribution in [0.3, 0.4) is 0 Å². The Labute approximate surface area is 156 Å². The smallest absolute Gasteiger partial charge is 0.256 e. The molecule has 4 heterocycles. The van der Waals surface area contributed by atoms with Gasteiger partial charge in [-0.1, -0.05) is 0 Å². The first-order chi connectivity index (χ1) is 13.0. The fraction of sp³-hybridized carbons (Fsp3) is 0.368. The highest BCUT2D eigenvalue weighted by Crippen LogP contribution is 2.22. The topological polar surface area (TPSA) is 86.6 Å². The molecule has 0 bridgehead atoms. The van der Waals surface area contributed by atoms with E-state index < -0.39 is 0 Å². The quantitative estimate of drug-likeness (QED) is 0.715. The maximum Gasteiger partial charge on any atom is 0.256 e. The van der Waals surface area contributed by atoms with Crippen molar-refractivity contribution in [3.05, 3.63) is 47.0 Å². The highest BCUT2D eigenvalue weighted by atomic mass is 16.2. The van der Waals surface area contributed by atoms with Gasteiger partial charge in [-0.3, -0.25) is 9.59 Å². The van der Waals surface area contributed by atoms with Crippen molar-refractivity contribution in [2.45, 2.75) is 20.8 Å². The Balaban J connectivity index is 1.49. The van der Waals surface area contributed by atoms with Crippen LogP contribution < -0.4 is 4.90 Å². The van der Waals surface area contributed by atoms with E-state index in [2.05, 4.69) is 20.0 Å². The van der Waals surface area contributed by atoms with E-state index in [-0.39, 0.29) is 11.7 Å². The van der Waals surface area contributed by atoms with Crippen molar-refractivity contribution in [2.24, 2.45) is 0 Å². The van der Waals surface area contributed by atoms with Crippen molar-refractivity contribution in [3.63, 3.8) is 0 Å². The molecular weight excluding hydrogens is 344 g/mol. The van der Waals surface area contributed by atoms with Gasteiger partial charge in [0.1, 0.15) is 5.82 Å². The van der Waals surface area contributed by atoms with Gasteiger partial charge in [-0.15, -0.1) is 5.10 Å². The average molecular weight is 366 g/mol. The second-order valence-electron chi connectivity index (χ2n) is 6.88. The lowest BCUT2D eigenvalue weighted by molar-refractivity contribution is 0.0745. The van der Waals surface area contributed by atoms with Crippen LogP contribution in [0.5, 0.6) is 0 Å². The lowest BCUT2D eigenvalue weighted by Crippen LogP contribution is -2.49. The van der Waals surface area contributed by atoms with Crippen molar-refractivity contribution in [3.8, 4) is 0 Å². The number of ketones is 1. The summed E-state index contributed by atoms with van der Waals surface area (Å²) in [5.74, 6) is 0.798.